The number of piperazine rings is 1. The van der Waals surface area contributed by atoms with E-state index in [4.69, 9.17) is 0 Å². The van der Waals surface area contributed by atoms with Crippen molar-refractivity contribution in [1.29, 1.82) is 0 Å². The molecule has 0 radical (unpaired) electrons. The number of carbonyl (C=O) groups is 2. The van der Waals surface area contributed by atoms with Gasteiger partial charge in [0.2, 0.25) is 0 Å². The third-order valence-corrected chi connectivity index (χ3v) is 7.45. The minimum absolute atomic E-state index is 0.133. The van der Waals surface area contributed by atoms with Gasteiger partial charge in [-0.3, -0.25) is 4.79 Å². The van der Waals surface area contributed by atoms with Crippen LogP contribution in [-0.4, -0.2) is 87.2 Å². The van der Waals surface area contributed by atoms with E-state index < -0.39 is 6.09 Å². The quantitative estimate of drug-likeness (QED) is 0.591. The van der Waals surface area contributed by atoms with Gasteiger partial charge in [-0.15, -0.1) is 0 Å². The van der Waals surface area contributed by atoms with E-state index >= 15 is 0 Å². The van der Waals surface area contributed by atoms with Gasteiger partial charge < -0.3 is 24.4 Å². The van der Waals surface area contributed by atoms with E-state index in [0.717, 1.165) is 42.8 Å². The Bertz CT molecular complexity index is 1190. The van der Waals surface area contributed by atoms with Crippen molar-refractivity contribution in [2.75, 3.05) is 39.8 Å². The molecule has 5 rings (SSSR count). The summed E-state index contributed by atoms with van der Waals surface area (Å²) in [6.07, 6.45) is 3.48. The van der Waals surface area contributed by atoms with E-state index in [9.17, 15) is 14.7 Å². The summed E-state index contributed by atoms with van der Waals surface area (Å²) in [6.45, 7) is 2.94. The zero-order valence-corrected chi connectivity index (χ0v) is 20.7. The number of nitrogens with zero attached hydrogens (tertiary/aromatic N) is 5. The normalized spacial score (nSPS) is 19.4. The van der Waals surface area contributed by atoms with Crippen LogP contribution in [-0.2, 0) is 6.42 Å². The average Bonchev–Trinajstić information content (AvgIpc) is 3.35. The summed E-state index contributed by atoms with van der Waals surface area (Å²) in [5.41, 5.74) is 3.35. The molecule has 1 atom stereocenters. The van der Waals surface area contributed by atoms with Gasteiger partial charge in [-0.2, -0.15) is 0 Å². The molecule has 3 aromatic rings. The van der Waals surface area contributed by atoms with Crippen molar-refractivity contribution in [3.8, 4) is 11.3 Å². The van der Waals surface area contributed by atoms with Crippen molar-refractivity contribution >= 4 is 12.0 Å². The number of hydrogen-bond donors (Lipinski definition) is 1. The van der Waals surface area contributed by atoms with Gasteiger partial charge >= 0.3 is 6.09 Å². The molecule has 2 saturated heterocycles. The predicted molar refractivity (Wildman–Crippen MR) is 138 cm³/mol. The first kappa shape index (κ1) is 24.1. The molecule has 0 saturated carbocycles. The monoisotopic (exact) mass is 487 g/mol. The molecule has 8 heteroatoms. The van der Waals surface area contributed by atoms with Gasteiger partial charge in [0.1, 0.15) is 0 Å². The molecule has 2 amide bonds. The number of aromatic nitrogens is 2. The zero-order chi connectivity index (χ0) is 25.1. The number of hydrogen-bond acceptors (Lipinski definition) is 4. The Morgan fingerprint density at radius 1 is 0.944 bits per heavy atom. The van der Waals surface area contributed by atoms with E-state index in [-0.39, 0.29) is 24.5 Å². The minimum Gasteiger partial charge on any atom is -0.465 e. The highest BCUT2D eigenvalue weighted by atomic mass is 16.4. The van der Waals surface area contributed by atoms with Crippen LogP contribution in [0, 0.1) is 0 Å². The van der Waals surface area contributed by atoms with Gasteiger partial charge in [0.05, 0.1) is 18.1 Å². The summed E-state index contributed by atoms with van der Waals surface area (Å²) in [6, 6.07) is 20.0. The first-order chi connectivity index (χ1) is 17.5. The van der Waals surface area contributed by atoms with Crippen LogP contribution in [0.25, 0.3) is 11.3 Å². The molecule has 188 valence electrons. The number of amides is 2. The molecule has 2 aliphatic rings. The van der Waals surface area contributed by atoms with Crippen LogP contribution in [0.2, 0.25) is 0 Å². The molecule has 36 heavy (non-hydrogen) atoms. The largest absolute Gasteiger partial charge is 0.465 e. The molecule has 2 aliphatic heterocycles. The molecular weight excluding hydrogens is 454 g/mol. The van der Waals surface area contributed by atoms with E-state index in [0.29, 0.717) is 25.2 Å². The van der Waals surface area contributed by atoms with Gasteiger partial charge in [-0.1, -0.05) is 60.7 Å². The lowest BCUT2D eigenvalue weighted by atomic mass is 10.0. The lowest BCUT2D eigenvalue weighted by Gasteiger charge is -2.40. The molecule has 8 nitrogen and oxygen atoms in total. The average molecular weight is 488 g/mol. The molecule has 2 aromatic carbocycles. The molecule has 1 N–H and O–H groups in total. The summed E-state index contributed by atoms with van der Waals surface area (Å²) in [7, 11) is 2.14. The fraction of sp³-hybridized carbons (Fsp3) is 0.393. The molecule has 0 unspecified atom stereocenters. The first-order valence-electron chi connectivity index (χ1n) is 12.6. The predicted octanol–water partition coefficient (Wildman–Crippen LogP) is 3.86. The third kappa shape index (κ3) is 4.99. The number of likely N-dealkylation sites (tertiary alicyclic amines) is 1. The van der Waals surface area contributed by atoms with E-state index in [1.807, 2.05) is 71.9 Å². The zero-order valence-electron chi connectivity index (χ0n) is 20.7. The van der Waals surface area contributed by atoms with Crippen LogP contribution in [0.1, 0.15) is 34.9 Å². The highest BCUT2D eigenvalue weighted by Crippen LogP contribution is 2.32. The number of rotatable bonds is 5. The van der Waals surface area contributed by atoms with Crippen molar-refractivity contribution in [3.05, 3.63) is 78.2 Å². The number of carboxylic acid groups (broad SMARTS) is 1. The van der Waals surface area contributed by atoms with Crippen LogP contribution < -0.4 is 0 Å². The maximum Gasteiger partial charge on any atom is 0.407 e. The summed E-state index contributed by atoms with van der Waals surface area (Å²) in [4.78, 5) is 36.1. The Labute approximate surface area is 211 Å². The Morgan fingerprint density at radius 2 is 1.61 bits per heavy atom. The Morgan fingerprint density at radius 3 is 2.28 bits per heavy atom. The minimum atomic E-state index is -0.948. The maximum absolute atomic E-state index is 14.1. The highest BCUT2D eigenvalue weighted by Gasteiger charge is 2.36. The van der Waals surface area contributed by atoms with Crippen molar-refractivity contribution in [2.24, 2.45) is 0 Å². The summed E-state index contributed by atoms with van der Waals surface area (Å²) >= 11 is 0. The standard InChI is InChI=1S/C28H33N5O3/c1-30-14-12-23(13-15-30)33-20-29-25(26(33)22-10-6-3-7-11-22)27(34)32-17-16-31(28(35)36)19-24(32)18-21-8-4-2-5-9-21/h2-11,20,23-24H,12-19H2,1H3,(H,35,36)/t24-/m1/s1. The smallest absolute Gasteiger partial charge is 0.407 e. The lowest BCUT2D eigenvalue weighted by Crippen LogP contribution is -2.57. The Kier molecular flexibility index (Phi) is 7.04. The van der Waals surface area contributed by atoms with Crippen LogP contribution in [0.5, 0.6) is 0 Å². The number of benzene rings is 2. The van der Waals surface area contributed by atoms with Gasteiger partial charge in [0.25, 0.3) is 5.91 Å². The number of piperidine rings is 1. The number of carbonyl (C=O) groups excluding carboxylic acids is 1. The van der Waals surface area contributed by atoms with Crippen LogP contribution >= 0.6 is 0 Å². The van der Waals surface area contributed by atoms with Gasteiger partial charge in [-0.05, 0) is 45.0 Å². The molecule has 1 aromatic heterocycles. The molecular formula is C28H33N5O3. The SMILES string of the molecule is CN1CCC(n2cnc(C(=O)N3CCN(C(=O)O)C[C@H]3Cc3ccccc3)c2-c2ccccc2)CC1. The van der Waals surface area contributed by atoms with Crippen LogP contribution in [0.4, 0.5) is 4.79 Å². The Hall–Kier alpha value is -3.65. The maximum atomic E-state index is 14.1. The second-order valence-electron chi connectivity index (χ2n) is 9.82. The van der Waals surface area contributed by atoms with Gasteiger partial charge in [0, 0.05) is 31.2 Å². The molecule has 3 heterocycles. The lowest BCUT2D eigenvalue weighted by molar-refractivity contribution is 0.0447. The topological polar surface area (TPSA) is 81.9 Å². The van der Waals surface area contributed by atoms with Crippen molar-refractivity contribution < 1.29 is 14.7 Å². The molecule has 0 aliphatic carbocycles. The molecule has 0 bridgehead atoms. The van der Waals surface area contributed by atoms with E-state index in [1.54, 1.807) is 0 Å². The molecule has 0 spiro atoms. The summed E-state index contributed by atoms with van der Waals surface area (Å²) < 4.78 is 2.19. The fourth-order valence-corrected chi connectivity index (χ4v) is 5.44. The number of imidazole rings is 1. The fourth-order valence-electron chi connectivity index (χ4n) is 5.44. The summed E-state index contributed by atoms with van der Waals surface area (Å²) in [5, 5.41) is 9.63. The second-order valence-corrected chi connectivity index (χ2v) is 9.82. The van der Waals surface area contributed by atoms with Crippen molar-refractivity contribution in [2.45, 2.75) is 31.3 Å². The van der Waals surface area contributed by atoms with Crippen LogP contribution in [0.15, 0.2) is 67.0 Å². The first-order valence-corrected chi connectivity index (χ1v) is 12.6. The second kappa shape index (κ2) is 10.5. The Balaban J connectivity index is 1.49. The van der Waals surface area contributed by atoms with Crippen molar-refractivity contribution in [3.63, 3.8) is 0 Å². The van der Waals surface area contributed by atoms with Gasteiger partial charge in [-0.25, -0.2) is 9.78 Å². The van der Waals surface area contributed by atoms with Gasteiger partial charge in [0.15, 0.2) is 5.69 Å². The van der Waals surface area contributed by atoms with Crippen LogP contribution in [0.3, 0.4) is 0 Å². The van der Waals surface area contributed by atoms with E-state index in [2.05, 4.69) is 21.5 Å². The highest BCUT2D eigenvalue weighted by molar-refractivity contribution is 5.98. The third-order valence-electron chi connectivity index (χ3n) is 7.45. The summed E-state index contributed by atoms with van der Waals surface area (Å²) in [5.74, 6) is -0.133. The van der Waals surface area contributed by atoms with E-state index in [1.165, 1.54) is 4.90 Å². The molecule has 2 fully saturated rings. The van der Waals surface area contributed by atoms with Crippen molar-refractivity contribution in [1.82, 2.24) is 24.3 Å².